The number of ether oxygens (including phenoxy) is 1. The van der Waals surface area contributed by atoms with Gasteiger partial charge in [-0.2, -0.15) is 0 Å². The third-order valence-electron chi connectivity index (χ3n) is 4.62. The van der Waals surface area contributed by atoms with Crippen LogP contribution in [-0.4, -0.2) is 49.6 Å². The van der Waals surface area contributed by atoms with Gasteiger partial charge in [0.1, 0.15) is 0 Å². The van der Waals surface area contributed by atoms with Crippen molar-refractivity contribution in [3.63, 3.8) is 0 Å². The van der Waals surface area contributed by atoms with Crippen molar-refractivity contribution in [2.75, 3.05) is 43.5 Å². The average Bonchev–Trinajstić information content (AvgIpc) is 3.14. The number of nitrogens with one attached hydrogen (secondary N) is 2. The van der Waals surface area contributed by atoms with E-state index in [0.717, 1.165) is 23.2 Å². The summed E-state index contributed by atoms with van der Waals surface area (Å²) in [6.45, 7) is 3.24. The zero-order valence-electron chi connectivity index (χ0n) is 15.3. The van der Waals surface area contributed by atoms with Crippen LogP contribution in [0.25, 0.3) is 10.1 Å². The van der Waals surface area contributed by atoms with Crippen molar-refractivity contribution in [2.45, 2.75) is 0 Å². The SMILES string of the molecule is O=C(CN1CCOCC1)Nc1ccc(NC(=O)c2csc3ccccc23)cc1. The summed E-state index contributed by atoms with van der Waals surface area (Å²) in [4.78, 5) is 26.8. The van der Waals surface area contributed by atoms with Crippen molar-refractivity contribution in [3.05, 3.63) is 59.5 Å². The molecule has 7 heteroatoms. The molecule has 1 fully saturated rings. The van der Waals surface area contributed by atoms with E-state index in [-0.39, 0.29) is 11.8 Å². The van der Waals surface area contributed by atoms with Crippen LogP contribution in [0.2, 0.25) is 0 Å². The molecule has 6 nitrogen and oxygen atoms in total. The molecule has 2 heterocycles. The van der Waals surface area contributed by atoms with Gasteiger partial charge < -0.3 is 15.4 Å². The maximum absolute atomic E-state index is 12.6. The van der Waals surface area contributed by atoms with Crippen molar-refractivity contribution in [3.8, 4) is 0 Å². The summed E-state index contributed by atoms with van der Waals surface area (Å²) in [5.74, 6) is -0.190. The number of hydrogen-bond acceptors (Lipinski definition) is 5. The van der Waals surface area contributed by atoms with E-state index in [4.69, 9.17) is 4.74 Å². The summed E-state index contributed by atoms with van der Waals surface area (Å²) in [7, 11) is 0. The minimum Gasteiger partial charge on any atom is -0.379 e. The molecule has 1 aliphatic rings. The van der Waals surface area contributed by atoms with Gasteiger partial charge in [0.25, 0.3) is 5.91 Å². The Morgan fingerprint density at radius 2 is 1.64 bits per heavy atom. The fourth-order valence-corrected chi connectivity index (χ4v) is 4.09. The minimum atomic E-state index is -0.137. The fourth-order valence-electron chi connectivity index (χ4n) is 3.15. The fraction of sp³-hybridized carbons (Fsp3) is 0.238. The van der Waals surface area contributed by atoms with E-state index in [9.17, 15) is 9.59 Å². The van der Waals surface area contributed by atoms with Crippen molar-refractivity contribution in [1.29, 1.82) is 0 Å². The van der Waals surface area contributed by atoms with Crippen molar-refractivity contribution in [1.82, 2.24) is 4.90 Å². The molecule has 0 unspecified atom stereocenters. The van der Waals surface area contributed by atoms with Crippen LogP contribution in [0.5, 0.6) is 0 Å². The Labute approximate surface area is 167 Å². The van der Waals surface area contributed by atoms with Crippen LogP contribution in [0.1, 0.15) is 10.4 Å². The van der Waals surface area contributed by atoms with Crippen LogP contribution in [0, 0.1) is 0 Å². The molecule has 2 amide bonds. The second kappa shape index (κ2) is 8.52. The number of anilines is 2. The summed E-state index contributed by atoms with van der Waals surface area (Å²) in [5.41, 5.74) is 2.06. The third-order valence-corrected chi connectivity index (χ3v) is 5.59. The smallest absolute Gasteiger partial charge is 0.257 e. The van der Waals surface area contributed by atoms with Gasteiger partial charge in [0, 0.05) is 39.9 Å². The van der Waals surface area contributed by atoms with E-state index in [2.05, 4.69) is 15.5 Å². The first-order chi connectivity index (χ1) is 13.7. The molecule has 0 bridgehead atoms. The van der Waals surface area contributed by atoms with Gasteiger partial charge in [-0.1, -0.05) is 18.2 Å². The highest BCUT2D eigenvalue weighted by atomic mass is 32.1. The van der Waals surface area contributed by atoms with Crippen LogP contribution in [0.3, 0.4) is 0 Å². The predicted molar refractivity (Wildman–Crippen MR) is 112 cm³/mol. The number of thiophene rings is 1. The standard InChI is InChI=1S/C21H21N3O3S/c25-20(13-24-9-11-27-12-10-24)22-15-5-7-16(8-6-15)23-21(26)18-14-28-19-4-2-1-3-17(18)19/h1-8,14H,9-13H2,(H,22,25)(H,23,26). The number of benzene rings is 2. The highest BCUT2D eigenvalue weighted by Gasteiger charge is 2.15. The minimum absolute atomic E-state index is 0.0524. The molecule has 1 aliphatic heterocycles. The molecule has 2 aromatic carbocycles. The second-order valence-electron chi connectivity index (χ2n) is 6.61. The lowest BCUT2D eigenvalue weighted by Gasteiger charge is -2.25. The van der Waals surface area contributed by atoms with E-state index < -0.39 is 0 Å². The maximum Gasteiger partial charge on any atom is 0.257 e. The quantitative estimate of drug-likeness (QED) is 0.694. The highest BCUT2D eigenvalue weighted by molar-refractivity contribution is 7.17. The van der Waals surface area contributed by atoms with Crippen LogP contribution in [-0.2, 0) is 9.53 Å². The molecular weight excluding hydrogens is 374 g/mol. The van der Waals surface area contributed by atoms with E-state index in [1.54, 1.807) is 35.6 Å². The van der Waals surface area contributed by atoms with Crippen molar-refractivity contribution < 1.29 is 14.3 Å². The summed E-state index contributed by atoms with van der Waals surface area (Å²) in [6, 6.07) is 15.0. The Morgan fingerprint density at radius 3 is 2.39 bits per heavy atom. The van der Waals surface area contributed by atoms with Gasteiger partial charge in [-0.15, -0.1) is 11.3 Å². The van der Waals surface area contributed by atoms with Gasteiger partial charge in [-0.05, 0) is 30.3 Å². The Bertz CT molecular complexity index is 978. The molecule has 0 spiro atoms. The van der Waals surface area contributed by atoms with Crippen LogP contribution < -0.4 is 10.6 Å². The molecule has 0 saturated carbocycles. The number of nitrogens with zero attached hydrogens (tertiary/aromatic N) is 1. The Hall–Kier alpha value is -2.74. The first-order valence-corrected chi connectivity index (χ1v) is 10.0. The van der Waals surface area contributed by atoms with E-state index in [0.29, 0.717) is 36.7 Å². The molecule has 0 atom stereocenters. The predicted octanol–water partition coefficient (Wildman–Crippen LogP) is 3.42. The molecule has 0 radical (unpaired) electrons. The van der Waals surface area contributed by atoms with E-state index in [1.165, 1.54) is 0 Å². The number of fused-ring (bicyclic) bond motifs is 1. The van der Waals surface area contributed by atoms with Crippen LogP contribution >= 0.6 is 11.3 Å². The highest BCUT2D eigenvalue weighted by Crippen LogP contribution is 2.26. The Balaban J connectivity index is 1.35. The lowest BCUT2D eigenvalue weighted by atomic mass is 10.1. The summed E-state index contributed by atoms with van der Waals surface area (Å²) < 4.78 is 6.38. The maximum atomic E-state index is 12.6. The molecule has 1 saturated heterocycles. The van der Waals surface area contributed by atoms with E-state index in [1.807, 2.05) is 29.6 Å². The first kappa shape index (κ1) is 18.6. The topological polar surface area (TPSA) is 70.7 Å². The lowest BCUT2D eigenvalue weighted by molar-refractivity contribution is -0.118. The van der Waals surface area contributed by atoms with Gasteiger partial charge in [-0.25, -0.2) is 0 Å². The monoisotopic (exact) mass is 395 g/mol. The summed E-state index contributed by atoms with van der Waals surface area (Å²) >= 11 is 1.56. The van der Waals surface area contributed by atoms with E-state index >= 15 is 0 Å². The molecule has 2 N–H and O–H groups in total. The zero-order valence-corrected chi connectivity index (χ0v) is 16.1. The molecule has 3 aromatic rings. The Morgan fingerprint density at radius 1 is 0.964 bits per heavy atom. The largest absolute Gasteiger partial charge is 0.379 e. The van der Waals surface area contributed by atoms with Gasteiger partial charge in [-0.3, -0.25) is 14.5 Å². The van der Waals surface area contributed by atoms with Gasteiger partial charge in [0.05, 0.1) is 25.3 Å². The van der Waals surface area contributed by atoms with Crippen molar-refractivity contribution >= 4 is 44.6 Å². The van der Waals surface area contributed by atoms with Gasteiger partial charge >= 0.3 is 0 Å². The molecule has 0 aliphatic carbocycles. The van der Waals surface area contributed by atoms with Gasteiger partial charge in [0.15, 0.2) is 0 Å². The third kappa shape index (κ3) is 4.39. The first-order valence-electron chi connectivity index (χ1n) is 9.17. The normalized spacial score (nSPS) is 14.7. The molecule has 4 rings (SSSR count). The average molecular weight is 395 g/mol. The summed E-state index contributed by atoms with van der Waals surface area (Å²) in [6.07, 6.45) is 0. The van der Waals surface area contributed by atoms with Crippen molar-refractivity contribution in [2.24, 2.45) is 0 Å². The lowest BCUT2D eigenvalue weighted by Crippen LogP contribution is -2.41. The second-order valence-corrected chi connectivity index (χ2v) is 7.52. The number of rotatable bonds is 5. The molecular formula is C21H21N3O3S. The molecule has 1 aromatic heterocycles. The number of amides is 2. The number of carbonyl (C=O) groups is 2. The zero-order chi connectivity index (χ0) is 19.3. The number of morpholine rings is 1. The van der Waals surface area contributed by atoms with Crippen LogP contribution in [0.4, 0.5) is 11.4 Å². The number of hydrogen-bond donors (Lipinski definition) is 2. The van der Waals surface area contributed by atoms with Gasteiger partial charge in [0.2, 0.25) is 5.91 Å². The number of carbonyl (C=O) groups excluding carboxylic acids is 2. The van der Waals surface area contributed by atoms with Crippen LogP contribution in [0.15, 0.2) is 53.9 Å². The summed E-state index contributed by atoms with van der Waals surface area (Å²) in [5, 5.41) is 8.64. The molecule has 28 heavy (non-hydrogen) atoms. The molecule has 144 valence electrons. The Kier molecular flexibility index (Phi) is 5.66.